The Bertz CT molecular complexity index is 1420. The van der Waals surface area contributed by atoms with E-state index in [0.717, 1.165) is 11.1 Å². The van der Waals surface area contributed by atoms with E-state index in [1.54, 1.807) is 25.3 Å². The number of benzene rings is 2. The molecule has 1 saturated heterocycles. The van der Waals surface area contributed by atoms with Gasteiger partial charge in [-0.1, -0.05) is 69.3 Å². The summed E-state index contributed by atoms with van der Waals surface area (Å²) < 4.78 is 29.6. The van der Waals surface area contributed by atoms with Gasteiger partial charge in [0, 0.05) is 25.3 Å². The number of nitrogens with one attached hydrogen (secondary N) is 2. The number of carbonyl (C=O) groups is 4. The van der Waals surface area contributed by atoms with Crippen molar-refractivity contribution >= 4 is 23.8 Å². The molecule has 2 amide bonds. The van der Waals surface area contributed by atoms with Crippen molar-refractivity contribution in [2.45, 2.75) is 96.5 Å². The highest BCUT2D eigenvalue weighted by Gasteiger charge is 2.47. The second-order valence-electron chi connectivity index (χ2n) is 13.2. The number of cyclic esters (lactones) is 2. The Labute approximate surface area is 282 Å². The van der Waals surface area contributed by atoms with Crippen molar-refractivity contribution in [2.24, 2.45) is 11.8 Å². The predicted octanol–water partition coefficient (Wildman–Crippen LogP) is 4.59. The molecular weight excluding hydrogens is 616 g/mol. The molecule has 6 atom stereocenters. The molecule has 260 valence electrons. The standard InChI is InChI=1S/C37H48N2O9/c1-23(2)21-30-36(43)46-29(24(3)33-34(48-37(4,5)47-33)26-11-8-7-9-12-26)13-10-14-31(40)39-28(35(42)38-20-19-32(41)45-30)22-25-15-17-27(44-6)18-16-25/h7-12,14-18,23-24,28-30,33-34H,13,19-22H2,1-6H3,(H,38,42)(H,39,40)/b14-10+/t24-,28?,29+,30+,33-,34-/m1/s1. The summed E-state index contributed by atoms with van der Waals surface area (Å²) in [5.41, 5.74) is 1.73. The maximum Gasteiger partial charge on any atom is 0.347 e. The molecule has 0 radical (unpaired) electrons. The van der Waals surface area contributed by atoms with Crippen LogP contribution in [0.3, 0.4) is 0 Å². The molecule has 2 heterocycles. The third kappa shape index (κ3) is 10.4. The van der Waals surface area contributed by atoms with Gasteiger partial charge in [-0.25, -0.2) is 4.79 Å². The van der Waals surface area contributed by atoms with E-state index in [2.05, 4.69) is 10.6 Å². The zero-order valence-electron chi connectivity index (χ0n) is 28.6. The molecule has 1 unspecified atom stereocenters. The molecule has 2 aliphatic rings. The first kappa shape index (κ1) is 36.6. The molecule has 11 nitrogen and oxygen atoms in total. The van der Waals surface area contributed by atoms with Gasteiger partial charge in [0.15, 0.2) is 11.9 Å². The number of esters is 2. The summed E-state index contributed by atoms with van der Waals surface area (Å²) in [5.74, 6) is -2.89. The number of rotatable bonds is 8. The second kappa shape index (κ2) is 16.7. The van der Waals surface area contributed by atoms with Crippen LogP contribution in [-0.4, -0.2) is 67.5 Å². The lowest BCUT2D eigenvalue weighted by Crippen LogP contribution is -2.48. The summed E-state index contributed by atoms with van der Waals surface area (Å²) in [6.45, 7) is 9.38. The molecule has 2 aliphatic heterocycles. The van der Waals surface area contributed by atoms with Gasteiger partial charge in [0.05, 0.1) is 19.6 Å². The lowest BCUT2D eigenvalue weighted by molar-refractivity contribution is -0.178. The molecule has 4 rings (SSSR count). The van der Waals surface area contributed by atoms with E-state index in [-0.39, 0.29) is 38.1 Å². The first-order valence-electron chi connectivity index (χ1n) is 16.5. The molecule has 1 fully saturated rings. The Morgan fingerprint density at radius 1 is 0.938 bits per heavy atom. The summed E-state index contributed by atoms with van der Waals surface area (Å²) in [6.07, 6.45) is 0.539. The van der Waals surface area contributed by atoms with Crippen LogP contribution in [0.1, 0.15) is 71.1 Å². The minimum atomic E-state index is -1.15. The van der Waals surface area contributed by atoms with Crippen molar-refractivity contribution in [3.63, 3.8) is 0 Å². The molecule has 0 spiro atoms. The fourth-order valence-corrected chi connectivity index (χ4v) is 5.87. The van der Waals surface area contributed by atoms with Crippen LogP contribution in [0.15, 0.2) is 66.7 Å². The van der Waals surface area contributed by atoms with Gasteiger partial charge in [-0.15, -0.1) is 0 Å². The van der Waals surface area contributed by atoms with E-state index in [4.69, 9.17) is 23.7 Å². The maximum atomic E-state index is 13.6. The van der Waals surface area contributed by atoms with Gasteiger partial charge in [-0.3, -0.25) is 14.4 Å². The topological polar surface area (TPSA) is 138 Å². The van der Waals surface area contributed by atoms with Crippen LogP contribution in [0.4, 0.5) is 0 Å². The average Bonchev–Trinajstić information content (AvgIpc) is 3.38. The van der Waals surface area contributed by atoms with Gasteiger partial charge in [-0.2, -0.15) is 0 Å². The van der Waals surface area contributed by atoms with Gasteiger partial charge in [0.2, 0.25) is 11.8 Å². The number of hydrogen-bond acceptors (Lipinski definition) is 9. The Kier molecular flexibility index (Phi) is 12.8. The Balaban J connectivity index is 1.62. The molecule has 2 aromatic carbocycles. The summed E-state index contributed by atoms with van der Waals surface area (Å²) in [5, 5.41) is 5.48. The van der Waals surface area contributed by atoms with E-state index in [9.17, 15) is 19.2 Å². The van der Waals surface area contributed by atoms with Crippen molar-refractivity contribution in [2.75, 3.05) is 13.7 Å². The minimum Gasteiger partial charge on any atom is -0.497 e. The molecule has 0 aromatic heterocycles. The van der Waals surface area contributed by atoms with Crippen LogP contribution in [-0.2, 0) is 44.5 Å². The van der Waals surface area contributed by atoms with Gasteiger partial charge in [0.1, 0.15) is 24.0 Å². The predicted molar refractivity (Wildman–Crippen MR) is 178 cm³/mol. The van der Waals surface area contributed by atoms with Gasteiger partial charge >= 0.3 is 11.9 Å². The highest BCUT2D eigenvalue weighted by atomic mass is 16.8. The van der Waals surface area contributed by atoms with Crippen LogP contribution in [0.25, 0.3) is 0 Å². The summed E-state index contributed by atoms with van der Waals surface area (Å²) in [4.78, 5) is 52.9. The normalized spacial score (nSPS) is 26.9. The van der Waals surface area contributed by atoms with E-state index in [0.29, 0.717) is 5.75 Å². The fourth-order valence-electron chi connectivity index (χ4n) is 5.87. The highest BCUT2D eigenvalue weighted by Crippen LogP contribution is 2.43. The van der Waals surface area contributed by atoms with E-state index in [1.165, 1.54) is 6.08 Å². The highest BCUT2D eigenvalue weighted by molar-refractivity contribution is 5.93. The average molecular weight is 665 g/mol. The van der Waals surface area contributed by atoms with Gasteiger partial charge in [-0.05, 0) is 55.5 Å². The van der Waals surface area contributed by atoms with Crippen LogP contribution >= 0.6 is 0 Å². The van der Waals surface area contributed by atoms with Crippen LogP contribution in [0.2, 0.25) is 0 Å². The van der Waals surface area contributed by atoms with E-state index in [1.807, 2.05) is 77.1 Å². The Morgan fingerprint density at radius 3 is 2.31 bits per heavy atom. The monoisotopic (exact) mass is 664 g/mol. The first-order valence-corrected chi connectivity index (χ1v) is 16.5. The van der Waals surface area contributed by atoms with Crippen molar-refractivity contribution in [3.05, 3.63) is 77.9 Å². The number of ether oxygens (including phenoxy) is 5. The largest absolute Gasteiger partial charge is 0.497 e. The lowest BCUT2D eigenvalue weighted by atomic mass is 9.89. The van der Waals surface area contributed by atoms with Crippen LogP contribution in [0.5, 0.6) is 5.75 Å². The molecule has 2 aromatic rings. The molecule has 11 heteroatoms. The number of amides is 2. The lowest BCUT2D eigenvalue weighted by Gasteiger charge is -2.31. The zero-order valence-corrected chi connectivity index (χ0v) is 28.6. The number of methoxy groups -OCH3 is 1. The molecule has 0 aliphatic carbocycles. The van der Waals surface area contributed by atoms with Gasteiger partial charge < -0.3 is 34.3 Å². The van der Waals surface area contributed by atoms with Gasteiger partial charge in [0.25, 0.3) is 0 Å². The van der Waals surface area contributed by atoms with Crippen LogP contribution < -0.4 is 15.4 Å². The van der Waals surface area contributed by atoms with E-state index < -0.39 is 65.9 Å². The summed E-state index contributed by atoms with van der Waals surface area (Å²) in [6, 6.07) is 16.0. The van der Waals surface area contributed by atoms with Crippen LogP contribution in [0, 0.1) is 11.8 Å². The van der Waals surface area contributed by atoms with Crippen molar-refractivity contribution in [1.29, 1.82) is 0 Å². The SMILES string of the molecule is COc1ccc(CC2NC(=O)/C=C/C[C@@H]([C@@H](C)[C@H]3OC(C)(C)O[C@@H]3c3ccccc3)OC(=O)[C@H](CC(C)C)OC(=O)CCNC2=O)cc1. The smallest absolute Gasteiger partial charge is 0.347 e. The van der Waals surface area contributed by atoms with Crippen molar-refractivity contribution in [3.8, 4) is 5.75 Å². The third-order valence-electron chi connectivity index (χ3n) is 8.35. The molecule has 0 saturated carbocycles. The second-order valence-corrected chi connectivity index (χ2v) is 13.2. The van der Waals surface area contributed by atoms with Crippen molar-refractivity contribution in [1.82, 2.24) is 10.6 Å². The zero-order chi connectivity index (χ0) is 34.8. The van der Waals surface area contributed by atoms with E-state index >= 15 is 0 Å². The molecular formula is C37H48N2O9. The Hall–Kier alpha value is -4.22. The first-order chi connectivity index (χ1) is 22.8. The fraction of sp³-hybridized carbons (Fsp3) is 0.514. The summed E-state index contributed by atoms with van der Waals surface area (Å²) in [7, 11) is 1.57. The molecule has 0 bridgehead atoms. The molecule has 2 N–H and O–H groups in total. The summed E-state index contributed by atoms with van der Waals surface area (Å²) >= 11 is 0. The Morgan fingerprint density at radius 2 is 1.65 bits per heavy atom. The maximum absolute atomic E-state index is 13.6. The van der Waals surface area contributed by atoms with Crippen molar-refractivity contribution < 1.29 is 42.9 Å². The minimum absolute atomic E-state index is 0.0219. The quantitative estimate of drug-likeness (QED) is 0.388. The third-order valence-corrected chi connectivity index (χ3v) is 8.35. The molecule has 48 heavy (non-hydrogen) atoms. The number of hydrogen-bond donors (Lipinski definition) is 2. The number of carbonyl (C=O) groups excluding carboxylic acids is 4.